The molecule has 0 heterocycles. The van der Waals surface area contributed by atoms with Crippen molar-refractivity contribution in [3.8, 4) is 0 Å². The fourth-order valence-electron chi connectivity index (χ4n) is 2.74. The van der Waals surface area contributed by atoms with Crippen LogP contribution in [-0.4, -0.2) is 52.3 Å². The van der Waals surface area contributed by atoms with Crippen molar-refractivity contribution in [2.24, 2.45) is 5.92 Å². The number of carboxylic acids is 1. The lowest BCUT2D eigenvalue weighted by Crippen LogP contribution is -2.52. The number of nitrogens with one attached hydrogen (secondary N) is 1. The summed E-state index contributed by atoms with van der Waals surface area (Å²) in [5, 5.41) is 21.6. The Hall–Kier alpha value is -1.30. The van der Waals surface area contributed by atoms with Crippen molar-refractivity contribution in [2.45, 2.75) is 57.6 Å². The summed E-state index contributed by atoms with van der Waals surface area (Å²) >= 11 is 0. The van der Waals surface area contributed by atoms with Crippen molar-refractivity contribution in [1.29, 1.82) is 0 Å². The number of aliphatic carboxylic acids is 1. The van der Waals surface area contributed by atoms with Crippen LogP contribution >= 0.6 is 0 Å². The van der Waals surface area contributed by atoms with Crippen LogP contribution in [0.1, 0.15) is 46.0 Å². The van der Waals surface area contributed by atoms with Crippen LogP contribution in [0.25, 0.3) is 0 Å². The van der Waals surface area contributed by atoms with Gasteiger partial charge >= 0.3 is 12.0 Å². The number of hydrogen-bond acceptors (Lipinski definition) is 3. The molecule has 2 amide bonds. The zero-order valence-corrected chi connectivity index (χ0v) is 12.6. The quantitative estimate of drug-likeness (QED) is 0.713. The smallest absolute Gasteiger partial charge is 0.326 e. The van der Waals surface area contributed by atoms with E-state index in [0.29, 0.717) is 0 Å². The Labute approximate surface area is 120 Å². The lowest BCUT2D eigenvalue weighted by atomic mass is 9.84. The summed E-state index contributed by atoms with van der Waals surface area (Å²) in [7, 11) is 1.55. The maximum atomic E-state index is 12.0. The molecule has 6 nitrogen and oxygen atoms in total. The Balaban J connectivity index is 2.60. The van der Waals surface area contributed by atoms with Gasteiger partial charge in [0.1, 0.15) is 6.04 Å². The number of aliphatic hydroxyl groups is 1. The van der Waals surface area contributed by atoms with E-state index in [1.807, 2.05) is 0 Å². The number of rotatable bonds is 5. The first-order chi connectivity index (χ1) is 9.20. The molecule has 0 aromatic heterocycles. The Kier molecular flexibility index (Phi) is 5.80. The number of urea groups is 1. The fraction of sp³-hybridized carbons (Fsp3) is 0.857. The van der Waals surface area contributed by atoms with Gasteiger partial charge in [-0.25, -0.2) is 9.59 Å². The summed E-state index contributed by atoms with van der Waals surface area (Å²) in [4.78, 5) is 24.7. The van der Waals surface area contributed by atoms with Crippen LogP contribution < -0.4 is 5.32 Å². The molecule has 0 aromatic rings. The number of carbonyl (C=O) groups is 2. The molecular weight excluding hydrogens is 260 g/mol. The minimum Gasteiger partial charge on any atom is -0.480 e. The highest BCUT2D eigenvalue weighted by atomic mass is 16.4. The van der Waals surface area contributed by atoms with E-state index < -0.39 is 23.6 Å². The Morgan fingerprint density at radius 1 is 1.30 bits per heavy atom. The molecular formula is C14H26N2O4. The number of carbonyl (C=O) groups excluding carboxylic acids is 1. The zero-order chi connectivity index (χ0) is 15.3. The molecule has 116 valence electrons. The molecule has 0 aliphatic heterocycles. The minimum atomic E-state index is -1.00. The molecule has 0 saturated heterocycles. The molecule has 0 aromatic carbocycles. The van der Waals surface area contributed by atoms with Gasteiger partial charge in [0.2, 0.25) is 0 Å². The van der Waals surface area contributed by atoms with E-state index in [0.717, 1.165) is 32.1 Å². The summed E-state index contributed by atoms with van der Waals surface area (Å²) < 4.78 is 0. The summed E-state index contributed by atoms with van der Waals surface area (Å²) in [5.41, 5.74) is -1.00. The van der Waals surface area contributed by atoms with E-state index in [2.05, 4.69) is 5.32 Å². The van der Waals surface area contributed by atoms with Gasteiger partial charge in [-0.3, -0.25) is 0 Å². The van der Waals surface area contributed by atoms with Crippen molar-refractivity contribution in [3.63, 3.8) is 0 Å². The number of hydrogen-bond donors (Lipinski definition) is 3. The first kappa shape index (κ1) is 16.8. The highest BCUT2D eigenvalue weighted by Gasteiger charge is 2.32. The molecule has 1 rings (SSSR count). The van der Waals surface area contributed by atoms with Gasteiger partial charge in [-0.05, 0) is 32.6 Å². The number of nitrogens with zero attached hydrogens (tertiary/aromatic N) is 1. The fourth-order valence-corrected chi connectivity index (χ4v) is 2.74. The van der Waals surface area contributed by atoms with Gasteiger partial charge < -0.3 is 20.4 Å². The Bertz CT molecular complexity index is 346. The SMILES string of the molecule is CN(CC(C)(C)O)C(=O)NC(C(=O)O)C1CCCCC1. The van der Waals surface area contributed by atoms with E-state index in [1.54, 1.807) is 20.9 Å². The van der Waals surface area contributed by atoms with Crippen LogP contribution in [0.15, 0.2) is 0 Å². The molecule has 20 heavy (non-hydrogen) atoms. The second-order valence-corrected chi connectivity index (χ2v) is 6.33. The predicted molar refractivity (Wildman–Crippen MR) is 75.5 cm³/mol. The van der Waals surface area contributed by atoms with Crippen molar-refractivity contribution >= 4 is 12.0 Å². The van der Waals surface area contributed by atoms with E-state index >= 15 is 0 Å². The summed E-state index contributed by atoms with van der Waals surface area (Å²) in [5.74, 6) is -0.984. The van der Waals surface area contributed by atoms with E-state index in [-0.39, 0.29) is 12.5 Å². The summed E-state index contributed by atoms with van der Waals surface area (Å²) in [6, 6.07) is -1.29. The van der Waals surface area contributed by atoms with Gasteiger partial charge in [0.25, 0.3) is 0 Å². The highest BCUT2D eigenvalue weighted by Crippen LogP contribution is 2.26. The van der Waals surface area contributed by atoms with Gasteiger partial charge in [0.05, 0.1) is 12.1 Å². The molecule has 1 aliphatic carbocycles. The van der Waals surface area contributed by atoms with Crippen LogP contribution in [0.2, 0.25) is 0 Å². The van der Waals surface area contributed by atoms with Crippen molar-refractivity contribution in [1.82, 2.24) is 10.2 Å². The lowest BCUT2D eigenvalue weighted by molar-refractivity contribution is -0.141. The van der Waals surface area contributed by atoms with Crippen molar-refractivity contribution in [2.75, 3.05) is 13.6 Å². The van der Waals surface area contributed by atoms with Gasteiger partial charge in [0.15, 0.2) is 0 Å². The molecule has 0 bridgehead atoms. The van der Waals surface area contributed by atoms with Crippen LogP contribution in [0.5, 0.6) is 0 Å². The number of carboxylic acid groups (broad SMARTS) is 1. The van der Waals surface area contributed by atoms with Gasteiger partial charge in [0, 0.05) is 7.05 Å². The van der Waals surface area contributed by atoms with E-state index in [1.165, 1.54) is 4.90 Å². The second kappa shape index (κ2) is 6.92. The van der Waals surface area contributed by atoms with Crippen LogP contribution in [0, 0.1) is 5.92 Å². The molecule has 1 atom stereocenters. The average Bonchev–Trinajstić information content (AvgIpc) is 2.34. The van der Waals surface area contributed by atoms with Crippen LogP contribution in [0.4, 0.5) is 4.79 Å². The van der Waals surface area contributed by atoms with Gasteiger partial charge in [-0.15, -0.1) is 0 Å². The first-order valence-electron chi connectivity index (χ1n) is 7.17. The number of amides is 2. The topological polar surface area (TPSA) is 89.9 Å². The largest absolute Gasteiger partial charge is 0.480 e. The predicted octanol–water partition coefficient (Wildman–Crippen LogP) is 1.43. The van der Waals surface area contributed by atoms with Crippen LogP contribution in [-0.2, 0) is 4.79 Å². The highest BCUT2D eigenvalue weighted by molar-refractivity contribution is 5.82. The lowest BCUT2D eigenvalue weighted by Gasteiger charge is -2.31. The summed E-state index contributed by atoms with van der Waals surface area (Å²) in [6.45, 7) is 3.36. The minimum absolute atomic E-state index is 0.000682. The Morgan fingerprint density at radius 3 is 2.30 bits per heavy atom. The third kappa shape index (κ3) is 5.36. The standard InChI is InChI=1S/C14H26N2O4/c1-14(2,20)9-16(3)13(19)15-11(12(17)18)10-7-5-4-6-8-10/h10-11,20H,4-9H2,1-3H3,(H,15,19)(H,17,18). The van der Waals surface area contributed by atoms with E-state index in [9.17, 15) is 19.8 Å². The molecule has 6 heteroatoms. The van der Waals surface area contributed by atoms with E-state index in [4.69, 9.17) is 0 Å². The normalized spacial score (nSPS) is 18.4. The third-order valence-electron chi connectivity index (χ3n) is 3.64. The molecule has 0 radical (unpaired) electrons. The molecule has 1 unspecified atom stereocenters. The van der Waals surface area contributed by atoms with Crippen LogP contribution in [0.3, 0.4) is 0 Å². The average molecular weight is 286 g/mol. The number of likely N-dealkylation sites (N-methyl/N-ethyl adjacent to an activating group) is 1. The van der Waals surface area contributed by atoms with Gasteiger partial charge in [-0.1, -0.05) is 19.3 Å². The van der Waals surface area contributed by atoms with Crippen molar-refractivity contribution < 1.29 is 19.8 Å². The molecule has 3 N–H and O–H groups in total. The molecule has 1 saturated carbocycles. The van der Waals surface area contributed by atoms with Crippen molar-refractivity contribution in [3.05, 3.63) is 0 Å². The molecule has 1 fully saturated rings. The third-order valence-corrected chi connectivity index (χ3v) is 3.64. The van der Waals surface area contributed by atoms with Gasteiger partial charge in [-0.2, -0.15) is 0 Å². The monoisotopic (exact) mass is 286 g/mol. The maximum absolute atomic E-state index is 12.0. The second-order valence-electron chi connectivity index (χ2n) is 6.33. The maximum Gasteiger partial charge on any atom is 0.326 e. The molecule has 1 aliphatic rings. The summed E-state index contributed by atoms with van der Waals surface area (Å²) in [6.07, 6.45) is 4.85. The first-order valence-corrected chi connectivity index (χ1v) is 7.17. The Morgan fingerprint density at radius 2 is 1.85 bits per heavy atom. The molecule has 0 spiro atoms. The zero-order valence-electron chi connectivity index (χ0n) is 12.6.